The summed E-state index contributed by atoms with van der Waals surface area (Å²) in [4.78, 5) is 0. The second-order valence-electron chi connectivity index (χ2n) is 4.24. The van der Waals surface area contributed by atoms with Crippen LogP contribution < -0.4 is 0 Å². The van der Waals surface area contributed by atoms with Gasteiger partial charge >= 0.3 is 0 Å². The van der Waals surface area contributed by atoms with Crippen molar-refractivity contribution in [3.63, 3.8) is 0 Å². The molecule has 0 heterocycles. The Morgan fingerprint density at radius 2 is 1.91 bits per heavy atom. The first-order chi connectivity index (χ1) is 5.07. The Morgan fingerprint density at radius 1 is 1.18 bits per heavy atom. The molecule has 0 aromatic rings. The summed E-state index contributed by atoms with van der Waals surface area (Å²) in [6, 6.07) is 0. The van der Waals surface area contributed by atoms with Crippen LogP contribution in [0.25, 0.3) is 0 Å². The van der Waals surface area contributed by atoms with Crippen LogP contribution in [0.3, 0.4) is 0 Å². The summed E-state index contributed by atoms with van der Waals surface area (Å²) in [5, 5.41) is 0. The summed E-state index contributed by atoms with van der Waals surface area (Å²) in [5.74, 6) is 1.88. The lowest BCUT2D eigenvalue weighted by molar-refractivity contribution is 0.475. The van der Waals surface area contributed by atoms with Crippen molar-refractivity contribution in [2.45, 2.75) is 37.8 Å². The van der Waals surface area contributed by atoms with Gasteiger partial charge in [0.2, 0.25) is 0 Å². The van der Waals surface area contributed by atoms with Gasteiger partial charge in [-0.1, -0.05) is 12.8 Å². The summed E-state index contributed by atoms with van der Waals surface area (Å²) < 4.78 is 0. The topological polar surface area (TPSA) is 0 Å². The van der Waals surface area contributed by atoms with Crippen LogP contribution in [-0.4, -0.2) is 6.69 Å². The van der Waals surface area contributed by atoms with E-state index in [1.165, 1.54) is 25.7 Å². The first kappa shape index (κ1) is 8.40. The van der Waals surface area contributed by atoms with E-state index in [-0.39, 0.29) is 0 Å². The minimum atomic E-state index is -1.83. The van der Waals surface area contributed by atoms with Crippen LogP contribution in [0.4, 0.5) is 0 Å². The highest BCUT2D eigenvalue weighted by Gasteiger charge is 2.48. The molecule has 0 N–H and O–H groups in total. The average molecular weight is 209 g/mol. The molecule has 0 aromatic heterocycles. The van der Waals surface area contributed by atoms with E-state index < -0.39 is 6.69 Å². The molecule has 2 rings (SSSR count). The first-order valence-corrected chi connectivity index (χ1v) is 9.05. The maximum absolute atomic E-state index is 6.24. The molecule has 0 aliphatic heterocycles. The van der Waals surface area contributed by atoms with E-state index in [4.69, 9.17) is 22.2 Å². The van der Waals surface area contributed by atoms with Gasteiger partial charge in [0.25, 0.3) is 6.69 Å². The molecule has 0 saturated heterocycles. The van der Waals surface area contributed by atoms with Crippen molar-refractivity contribution in [1.29, 1.82) is 0 Å². The van der Waals surface area contributed by atoms with E-state index in [1.54, 1.807) is 0 Å². The minimum Gasteiger partial charge on any atom is -0.146 e. The molecule has 2 aliphatic carbocycles. The molecule has 0 amide bonds. The summed E-state index contributed by atoms with van der Waals surface area (Å²) in [6.07, 6.45) is 5.60. The highest BCUT2D eigenvalue weighted by atomic mass is 35.7. The summed E-state index contributed by atoms with van der Waals surface area (Å²) in [6.45, 7) is 0.251. The van der Waals surface area contributed by atoms with Gasteiger partial charge in [0.1, 0.15) is 0 Å². The van der Waals surface area contributed by atoms with Crippen LogP contribution in [-0.2, 0) is 0 Å². The van der Waals surface area contributed by atoms with Gasteiger partial charge in [0, 0.05) is 0 Å². The zero-order valence-electron chi connectivity index (χ0n) is 6.82. The molecule has 2 saturated carbocycles. The Balaban J connectivity index is 2.08. The summed E-state index contributed by atoms with van der Waals surface area (Å²) >= 11 is 12.5. The van der Waals surface area contributed by atoms with Gasteiger partial charge in [-0.25, -0.2) is 0 Å². The fourth-order valence-electron chi connectivity index (χ4n) is 2.87. The molecule has 0 spiro atoms. The lowest BCUT2D eigenvalue weighted by Crippen LogP contribution is -2.26. The molecule has 0 aromatic carbocycles. The third kappa shape index (κ3) is 1.48. The molecule has 64 valence electrons. The predicted octanol–water partition coefficient (Wildman–Crippen LogP) is 3.73. The maximum atomic E-state index is 6.24. The zero-order chi connectivity index (χ0) is 8.06. The van der Waals surface area contributed by atoms with Crippen molar-refractivity contribution >= 4 is 28.9 Å². The average Bonchev–Trinajstić information content (AvgIpc) is 2.42. The molecule has 2 aliphatic rings. The van der Waals surface area contributed by atoms with Crippen LogP contribution in [0.1, 0.15) is 25.7 Å². The zero-order valence-corrected chi connectivity index (χ0v) is 9.33. The van der Waals surface area contributed by atoms with Gasteiger partial charge in [-0.05, 0) is 36.8 Å². The first-order valence-electron chi connectivity index (χ1n) is 4.45. The Morgan fingerprint density at radius 3 is 2.18 bits per heavy atom. The molecule has 0 nitrogen and oxygen atoms in total. The largest absolute Gasteiger partial charge is 0.251 e. The van der Waals surface area contributed by atoms with Crippen molar-refractivity contribution in [3.8, 4) is 0 Å². The molecular weight excluding hydrogens is 195 g/mol. The molecular formula is C8H14Cl2Si. The monoisotopic (exact) mass is 208 g/mol. The maximum Gasteiger partial charge on any atom is 0.251 e. The van der Waals surface area contributed by atoms with Gasteiger partial charge in [-0.3, -0.25) is 0 Å². The number of rotatable bonds is 1. The fourth-order valence-corrected chi connectivity index (χ4v) is 6.35. The predicted molar refractivity (Wildman–Crippen MR) is 52.5 cm³/mol. The van der Waals surface area contributed by atoms with Crippen LogP contribution in [0.5, 0.6) is 0 Å². The molecule has 3 heteroatoms. The molecule has 2 bridgehead atoms. The SMILES string of the molecule is C[Si](Cl)(Cl)C1C[C@@H]2CC[C@H]1C2. The minimum absolute atomic E-state index is 0.713. The van der Waals surface area contributed by atoms with E-state index in [0.29, 0.717) is 5.54 Å². The Labute approximate surface area is 78.7 Å². The lowest BCUT2D eigenvalue weighted by Gasteiger charge is -2.27. The van der Waals surface area contributed by atoms with E-state index in [2.05, 4.69) is 6.55 Å². The van der Waals surface area contributed by atoms with Crippen molar-refractivity contribution in [2.24, 2.45) is 11.8 Å². The number of fused-ring (bicyclic) bond motifs is 2. The van der Waals surface area contributed by atoms with Crippen LogP contribution in [0.15, 0.2) is 0 Å². The van der Waals surface area contributed by atoms with E-state index >= 15 is 0 Å². The van der Waals surface area contributed by atoms with E-state index in [0.717, 1.165) is 11.8 Å². The third-order valence-electron chi connectivity index (χ3n) is 3.39. The molecule has 0 radical (unpaired) electrons. The van der Waals surface area contributed by atoms with E-state index in [1.807, 2.05) is 0 Å². The van der Waals surface area contributed by atoms with Gasteiger partial charge in [-0.2, -0.15) is 0 Å². The molecule has 11 heavy (non-hydrogen) atoms. The third-order valence-corrected chi connectivity index (χ3v) is 7.08. The van der Waals surface area contributed by atoms with Crippen molar-refractivity contribution < 1.29 is 0 Å². The number of hydrogen-bond acceptors (Lipinski definition) is 0. The van der Waals surface area contributed by atoms with Crippen molar-refractivity contribution in [1.82, 2.24) is 0 Å². The van der Waals surface area contributed by atoms with Gasteiger partial charge in [0.15, 0.2) is 0 Å². The highest BCUT2D eigenvalue weighted by molar-refractivity contribution is 7.45. The van der Waals surface area contributed by atoms with Crippen LogP contribution in [0, 0.1) is 11.8 Å². The summed E-state index contributed by atoms with van der Waals surface area (Å²) in [7, 11) is 0. The normalized spacial score (nSPS) is 43.4. The molecule has 2 fully saturated rings. The second-order valence-corrected chi connectivity index (χ2v) is 12.2. The van der Waals surface area contributed by atoms with Crippen LogP contribution >= 0.6 is 22.2 Å². The van der Waals surface area contributed by atoms with Crippen LogP contribution in [0.2, 0.25) is 12.1 Å². The molecule has 1 unspecified atom stereocenters. The number of halogens is 2. The van der Waals surface area contributed by atoms with Gasteiger partial charge in [-0.15, -0.1) is 22.2 Å². The Bertz CT molecular complexity index is 164. The van der Waals surface area contributed by atoms with Crippen molar-refractivity contribution in [2.75, 3.05) is 0 Å². The Kier molecular flexibility index (Phi) is 2.02. The molecule has 3 atom stereocenters. The number of hydrogen-bond donors (Lipinski definition) is 0. The Hall–Kier alpha value is 0.797. The quantitative estimate of drug-likeness (QED) is 0.456. The lowest BCUT2D eigenvalue weighted by atomic mass is 10.0. The fraction of sp³-hybridized carbons (Fsp3) is 1.00. The van der Waals surface area contributed by atoms with Gasteiger partial charge < -0.3 is 0 Å². The highest BCUT2D eigenvalue weighted by Crippen LogP contribution is 2.57. The van der Waals surface area contributed by atoms with E-state index in [9.17, 15) is 0 Å². The summed E-state index contributed by atoms with van der Waals surface area (Å²) in [5.41, 5.74) is 0.713. The standard InChI is InChI=1S/C8H14Cl2Si/c1-11(9,10)8-5-6-2-3-7(8)4-6/h6-8H,2-5H2,1H3/t6-,7+,8?/m1/s1. The second kappa shape index (κ2) is 2.64. The smallest absolute Gasteiger partial charge is 0.146 e. The van der Waals surface area contributed by atoms with Crippen molar-refractivity contribution in [3.05, 3.63) is 0 Å². The van der Waals surface area contributed by atoms with Gasteiger partial charge in [0.05, 0.1) is 0 Å².